The standard InChI is InChI=1S/C19H22F2N4O2/c1-13-8-24-15(10-23-13)9-22-12-19(27)6-3-7-25(18(19)26)11-14-4-2-5-16(20)17(14)21/h2,4-5,8,10,22,27H,3,6-7,9,11-12H2,1H3/t19-/m1/s1. The minimum atomic E-state index is -1.58. The molecule has 0 radical (unpaired) electrons. The van der Waals surface area contributed by atoms with Gasteiger partial charge in [0.25, 0.3) is 5.91 Å². The van der Waals surface area contributed by atoms with E-state index in [-0.39, 0.29) is 18.7 Å². The maximum atomic E-state index is 13.9. The number of piperidine rings is 1. The zero-order valence-corrected chi connectivity index (χ0v) is 15.1. The number of amides is 1. The SMILES string of the molecule is Cc1cnc(CNC[C@]2(O)CCCN(Cc3cccc(F)c3F)C2=O)cn1. The Morgan fingerprint density at radius 3 is 2.85 bits per heavy atom. The van der Waals surface area contributed by atoms with Gasteiger partial charge in [0.15, 0.2) is 17.2 Å². The highest BCUT2D eigenvalue weighted by Gasteiger charge is 2.42. The van der Waals surface area contributed by atoms with Crippen LogP contribution in [-0.4, -0.2) is 44.6 Å². The number of halogens is 2. The first-order chi connectivity index (χ1) is 12.9. The van der Waals surface area contributed by atoms with Gasteiger partial charge in [-0.05, 0) is 25.8 Å². The van der Waals surface area contributed by atoms with Crippen LogP contribution in [0.2, 0.25) is 0 Å². The van der Waals surface area contributed by atoms with E-state index in [2.05, 4.69) is 15.3 Å². The minimum absolute atomic E-state index is 0.0452. The number of benzene rings is 1. The van der Waals surface area contributed by atoms with E-state index in [1.807, 2.05) is 6.92 Å². The summed E-state index contributed by atoms with van der Waals surface area (Å²) in [7, 11) is 0. The lowest BCUT2D eigenvalue weighted by atomic mass is 9.91. The summed E-state index contributed by atoms with van der Waals surface area (Å²) in [6.45, 7) is 2.56. The van der Waals surface area contributed by atoms with E-state index >= 15 is 0 Å². The van der Waals surface area contributed by atoms with E-state index in [0.29, 0.717) is 31.6 Å². The molecule has 0 bridgehead atoms. The van der Waals surface area contributed by atoms with Crippen molar-refractivity contribution in [2.45, 2.75) is 38.5 Å². The number of hydrogen-bond acceptors (Lipinski definition) is 5. The van der Waals surface area contributed by atoms with Crippen molar-refractivity contribution in [2.24, 2.45) is 0 Å². The third kappa shape index (κ3) is 4.45. The van der Waals surface area contributed by atoms with E-state index in [1.54, 1.807) is 12.4 Å². The summed E-state index contributed by atoms with van der Waals surface area (Å²) in [6, 6.07) is 3.87. The van der Waals surface area contributed by atoms with Crippen LogP contribution in [0.15, 0.2) is 30.6 Å². The first kappa shape index (κ1) is 19.3. The molecule has 27 heavy (non-hydrogen) atoms. The highest BCUT2D eigenvalue weighted by molar-refractivity contribution is 5.86. The van der Waals surface area contributed by atoms with Crippen LogP contribution < -0.4 is 5.32 Å². The van der Waals surface area contributed by atoms with Crippen molar-refractivity contribution in [1.82, 2.24) is 20.2 Å². The molecule has 0 aliphatic carbocycles. The fraction of sp³-hybridized carbons (Fsp3) is 0.421. The molecule has 1 aliphatic heterocycles. The van der Waals surface area contributed by atoms with Gasteiger partial charge < -0.3 is 15.3 Å². The van der Waals surface area contributed by atoms with E-state index < -0.39 is 23.1 Å². The molecule has 2 aromatic rings. The first-order valence-corrected chi connectivity index (χ1v) is 8.82. The fourth-order valence-electron chi connectivity index (χ4n) is 3.16. The maximum Gasteiger partial charge on any atom is 0.256 e. The number of likely N-dealkylation sites (tertiary alicyclic amines) is 1. The Kier molecular flexibility index (Phi) is 5.76. The lowest BCUT2D eigenvalue weighted by Crippen LogP contribution is -2.57. The number of aryl methyl sites for hydroxylation is 1. The van der Waals surface area contributed by atoms with E-state index in [0.717, 1.165) is 11.8 Å². The van der Waals surface area contributed by atoms with Gasteiger partial charge in [0.2, 0.25) is 0 Å². The fourth-order valence-corrected chi connectivity index (χ4v) is 3.16. The van der Waals surface area contributed by atoms with Gasteiger partial charge in [-0.15, -0.1) is 0 Å². The zero-order chi connectivity index (χ0) is 19.4. The van der Waals surface area contributed by atoms with E-state index in [1.165, 1.54) is 17.0 Å². The largest absolute Gasteiger partial charge is 0.379 e. The molecule has 1 saturated heterocycles. The predicted molar refractivity (Wildman–Crippen MR) is 94.4 cm³/mol. The number of carbonyl (C=O) groups excluding carboxylic acids is 1. The number of aromatic nitrogens is 2. The van der Waals surface area contributed by atoms with Crippen molar-refractivity contribution in [3.8, 4) is 0 Å². The molecule has 0 spiro atoms. The Morgan fingerprint density at radius 1 is 1.30 bits per heavy atom. The molecule has 1 aromatic carbocycles. The second-order valence-corrected chi connectivity index (χ2v) is 6.83. The summed E-state index contributed by atoms with van der Waals surface area (Å²) < 4.78 is 27.3. The van der Waals surface area contributed by atoms with Crippen LogP contribution in [0.4, 0.5) is 8.78 Å². The summed E-state index contributed by atoms with van der Waals surface area (Å²) in [5, 5.41) is 13.8. The maximum absolute atomic E-state index is 13.9. The Hall–Kier alpha value is -2.45. The van der Waals surface area contributed by atoms with E-state index in [9.17, 15) is 18.7 Å². The molecule has 144 valence electrons. The molecule has 2 heterocycles. The third-order valence-electron chi connectivity index (χ3n) is 4.65. The summed E-state index contributed by atoms with van der Waals surface area (Å²) in [5.74, 6) is -2.40. The first-order valence-electron chi connectivity index (χ1n) is 8.82. The normalized spacial score (nSPS) is 20.1. The summed E-state index contributed by atoms with van der Waals surface area (Å²) in [5.41, 5.74) is 0.0156. The number of rotatable bonds is 6. The topological polar surface area (TPSA) is 78.4 Å². The molecular weight excluding hydrogens is 354 g/mol. The molecule has 1 aliphatic rings. The Bertz CT molecular complexity index is 816. The lowest BCUT2D eigenvalue weighted by Gasteiger charge is -2.38. The second kappa shape index (κ2) is 8.06. The molecule has 0 unspecified atom stereocenters. The quantitative estimate of drug-likeness (QED) is 0.803. The van der Waals surface area contributed by atoms with E-state index in [4.69, 9.17) is 0 Å². The van der Waals surface area contributed by atoms with Crippen LogP contribution in [-0.2, 0) is 17.9 Å². The lowest BCUT2D eigenvalue weighted by molar-refractivity contribution is -0.157. The zero-order valence-electron chi connectivity index (χ0n) is 15.1. The van der Waals surface area contributed by atoms with Crippen LogP contribution in [0.25, 0.3) is 0 Å². The molecule has 0 saturated carbocycles. The van der Waals surface area contributed by atoms with Gasteiger partial charge in [-0.2, -0.15) is 0 Å². The van der Waals surface area contributed by atoms with Crippen LogP contribution in [0.1, 0.15) is 29.8 Å². The smallest absolute Gasteiger partial charge is 0.256 e. The van der Waals surface area contributed by atoms with Crippen molar-refractivity contribution in [3.05, 3.63) is 59.2 Å². The number of nitrogens with zero attached hydrogens (tertiary/aromatic N) is 3. The number of nitrogens with one attached hydrogen (secondary N) is 1. The molecule has 1 aromatic heterocycles. The summed E-state index contributed by atoms with van der Waals surface area (Å²) in [6.07, 6.45) is 4.16. The molecule has 6 nitrogen and oxygen atoms in total. The molecule has 1 fully saturated rings. The van der Waals surface area contributed by atoms with Crippen molar-refractivity contribution in [2.75, 3.05) is 13.1 Å². The van der Waals surface area contributed by atoms with Gasteiger partial charge >= 0.3 is 0 Å². The second-order valence-electron chi connectivity index (χ2n) is 6.83. The monoisotopic (exact) mass is 376 g/mol. The van der Waals surface area contributed by atoms with Gasteiger partial charge in [0.05, 0.1) is 11.4 Å². The Morgan fingerprint density at radius 2 is 2.11 bits per heavy atom. The van der Waals surface area contributed by atoms with Crippen molar-refractivity contribution in [3.63, 3.8) is 0 Å². The number of aliphatic hydroxyl groups is 1. The highest BCUT2D eigenvalue weighted by atomic mass is 19.2. The van der Waals surface area contributed by atoms with Gasteiger partial charge in [-0.25, -0.2) is 8.78 Å². The Labute approximate surface area is 156 Å². The van der Waals surface area contributed by atoms with Gasteiger partial charge in [0, 0.05) is 44.1 Å². The molecule has 1 atom stereocenters. The van der Waals surface area contributed by atoms with Crippen molar-refractivity contribution in [1.29, 1.82) is 0 Å². The molecular formula is C19H22F2N4O2. The average molecular weight is 376 g/mol. The van der Waals surface area contributed by atoms with Crippen molar-refractivity contribution >= 4 is 5.91 Å². The van der Waals surface area contributed by atoms with Gasteiger partial charge in [-0.1, -0.05) is 12.1 Å². The van der Waals surface area contributed by atoms with Crippen LogP contribution >= 0.6 is 0 Å². The van der Waals surface area contributed by atoms with Crippen LogP contribution in [0.5, 0.6) is 0 Å². The minimum Gasteiger partial charge on any atom is -0.379 e. The number of carbonyl (C=O) groups is 1. The molecule has 1 amide bonds. The highest BCUT2D eigenvalue weighted by Crippen LogP contribution is 2.25. The Balaban J connectivity index is 1.62. The van der Waals surface area contributed by atoms with Crippen molar-refractivity contribution < 1.29 is 18.7 Å². The summed E-state index contributed by atoms with van der Waals surface area (Å²) >= 11 is 0. The summed E-state index contributed by atoms with van der Waals surface area (Å²) in [4.78, 5) is 22.5. The van der Waals surface area contributed by atoms with Gasteiger partial charge in [0.1, 0.15) is 0 Å². The molecule has 8 heteroatoms. The predicted octanol–water partition coefficient (Wildman–Crippen LogP) is 1.71. The molecule has 3 rings (SSSR count). The third-order valence-corrected chi connectivity index (χ3v) is 4.65. The van der Waals surface area contributed by atoms with Crippen LogP contribution in [0.3, 0.4) is 0 Å². The van der Waals surface area contributed by atoms with Gasteiger partial charge in [-0.3, -0.25) is 14.8 Å². The van der Waals surface area contributed by atoms with Crippen LogP contribution in [0, 0.1) is 18.6 Å². The average Bonchev–Trinajstić information content (AvgIpc) is 2.64. The number of hydrogen-bond donors (Lipinski definition) is 2. The molecule has 2 N–H and O–H groups in total.